The molecule has 0 spiro atoms. The van der Waals surface area contributed by atoms with Gasteiger partial charge in [-0.15, -0.1) is 11.3 Å². The summed E-state index contributed by atoms with van der Waals surface area (Å²) in [5.41, 5.74) is 1.17. The highest BCUT2D eigenvalue weighted by Gasteiger charge is 2.08. The van der Waals surface area contributed by atoms with Crippen LogP contribution in [-0.4, -0.2) is 22.0 Å². The van der Waals surface area contributed by atoms with Crippen molar-refractivity contribution in [2.45, 2.75) is 33.2 Å². The minimum Gasteiger partial charge on any atom is -0.344 e. The van der Waals surface area contributed by atoms with Gasteiger partial charge in [-0.1, -0.05) is 13.8 Å². The van der Waals surface area contributed by atoms with E-state index in [0.29, 0.717) is 6.54 Å². The van der Waals surface area contributed by atoms with Crippen molar-refractivity contribution in [3.63, 3.8) is 0 Å². The maximum absolute atomic E-state index is 4.41. The van der Waals surface area contributed by atoms with Gasteiger partial charge in [0.2, 0.25) is 0 Å². The van der Waals surface area contributed by atoms with Gasteiger partial charge in [0.1, 0.15) is 5.82 Å². The maximum atomic E-state index is 4.41. The number of anilines is 1. The molecule has 4 nitrogen and oxygen atoms in total. The summed E-state index contributed by atoms with van der Waals surface area (Å²) in [4.78, 5) is 16.5. The van der Waals surface area contributed by atoms with Crippen LogP contribution in [0.5, 0.6) is 0 Å². The first-order valence-corrected chi connectivity index (χ1v) is 7.00. The third-order valence-electron chi connectivity index (χ3n) is 2.76. The lowest BCUT2D eigenvalue weighted by molar-refractivity contribution is 0.825. The topological polar surface area (TPSA) is 41.9 Å². The van der Waals surface area contributed by atoms with Crippen molar-refractivity contribution in [2.75, 3.05) is 11.9 Å². The van der Waals surface area contributed by atoms with Crippen LogP contribution in [0.25, 0.3) is 0 Å². The molecule has 18 heavy (non-hydrogen) atoms. The zero-order valence-corrected chi connectivity index (χ0v) is 11.9. The Morgan fingerprint density at radius 1 is 1.06 bits per heavy atom. The van der Waals surface area contributed by atoms with E-state index in [2.05, 4.69) is 33.7 Å². The molecule has 0 aliphatic heterocycles. The fourth-order valence-corrected chi connectivity index (χ4v) is 2.37. The van der Waals surface area contributed by atoms with Crippen LogP contribution in [-0.2, 0) is 19.4 Å². The summed E-state index contributed by atoms with van der Waals surface area (Å²) in [6, 6.07) is 0. The van der Waals surface area contributed by atoms with Gasteiger partial charge < -0.3 is 4.90 Å². The number of hydrogen-bond donors (Lipinski definition) is 0. The van der Waals surface area contributed by atoms with E-state index in [9.17, 15) is 0 Å². The molecule has 5 heteroatoms. The van der Waals surface area contributed by atoms with Crippen molar-refractivity contribution >= 4 is 16.5 Å². The number of aryl methyl sites for hydroxylation is 2. The highest BCUT2D eigenvalue weighted by Crippen LogP contribution is 2.22. The summed E-state index contributed by atoms with van der Waals surface area (Å²) in [5.74, 6) is 0.836. The molecule has 0 unspecified atom stereocenters. The third kappa shape index (κ3) is 3.04. The Morgan fingerprint density at radius 3 is 2.33 bits per heavy atom. The smallest absolute Gasteiger partial charge is 0.185 e. The Balaban J connectivity index is 2.03. The van der Waals surface area contributed by atoms with E-state index >= 15 is 0 Å². The van der Waals surface area contributed by atoms with E-state index < -0.39 is 0 Å². The number of hydrogen-bond acceptors (Lipinski definition) is 5. The van der Waals surface area contributed by atoms with Crippen LogP contribution in [0.1, 0.15) is 30.1 Å². The first-order valence-electron chi connectivity index (χ1n) is 6.18. The summed E-state index contributed by atoms with van der Waals surface area (Å²) in [7, 11) is 2.02. The van der Waals surface area contributed by atoms with E-state index in [1.54, 1.807) is 11.3 Å². The van der Waals surface area contributed by atoms with E-state index in [1.165, 1.54) is 10.4 Å². The fourth-order valence-electron chi connectivity index (χ4n) is 1.56. The first kappa shape index (κ1) is 13.0. The molecule has 0 radical (unpaired) electrons. The van der Waals surface area contributed by atoms with Crippen molar-refractivity contribution in [3.8, 4) is 0 Å². The van der Waals surface area contributed by atoms with Crippen LogP contribution in [0, 0.1) is 0 Å². The van der Waals surface area contributed by atoms with Gasteiger partial charge in [-0.25, -0.2) is 15.0 Å². The molecule has 0 saturated heterocycles. The van der Waals surface area contributed by atoms with Crippen LogP contribution in [0.15, 0.2) is 18.6 Å². The highest BCUT2D eigenvalue weighted by atomic mass is 32.1. The van der Waals surface area contributed by atoms with Gasteiger partial charge >= 0.3 is 0 Å². The van der Waals surface area contributed by atoms with Crippen LogP contribution in [0.4, 0.5) is 5.13 Å². The van der Waals surface area contributed by atoms with E-state index in [4.69, 9.17) is 0 Å². The van der Waals surface area contributed by atoms with Crippen molar-refractivity contribution in [1.29, 1.82) is 0 Å². The Kier molecular flexibility index (Phi) is 4.25. The molecule has 2 rings (SSSR count). The molecule has 0 amide bonds. The zero-order chi connectivity index (χ0) is 13.0. The van der Waals surface area contributed by atoms with Crippen molar-refractivity contribution in [3.05, 3.63) is 34.9 Å². The predicted octanol–water partition coefficient (Wildman–Crippen LogP) is 2.69. The Morgan fingerprint density at radius 2 is 1.78 bits per heavy atom. The minimum atomic E-state index is 0.695. The molecule has 0 atom stereocenters. The van der Waals surface area contributed by atoms with E-state index in [1.807, 2.05) is 25.6 Å². The number of thiazole rings is 1. The lowest BCUT2D eigenvalue weighted by Crippen LogP contribution is -2.18. The minimum absolute atomic E-state index is 0.695. The summed E-state index contributed by atoms with van der Waals surface area (Å²) in [6.07, 6.45) is 7.75. The van der Waals surface area contributed by atoms with Gasteiger partial charge in [0.05, 0.1) is 6.54 Å². The molecule has 0 N–H and O–H groups in total. The zero-order valence-electron chi connectivity index (χ0n) is 11.1. The highest BCUT2D eigenvalue weighted by molar-refractivity contribution is 7.15. The predicted molar refractivity (Wildman–Crippen MR) is 75.0 cm³/mol. The summed E-state index contributed by atoms with van der Waals surface area (Å²) in [6.45, 7) is 4.94. The van der Waals surface area contributed by atoms with Gasteiger partial charge in [0.15, 0.2) is 5.13 Å². The van der Waals surface area contributed by atoms with Gasteiger partial charge in [0, 0.05) is 30.5 Å². The molecule has 0 saturated carbocycles. The first-order chi connectivity index (χ1) is 8.72. The molecule has 96 valence electrons. The normalized spacial score (nSPS) is 10.6. The molecule has 2 heterocycles. The second-order valence-corrected chi connectivity index (χ2v) is 5.27. The van der Waals surface area contributed by atoms with Crippen LogP contribution in [0.3, 0.4) is 0 Å². The van der Waals surface area contributed by atoms with Crippen LogP contribution >= 0.6 is 11.3 Å². The summed E-state index contributed by atoms with van der Waals surface area (Å²) >= 11 is 1.73. The lowest BCUT2D eigenvalue weighted by Gasteiger charge is -2.14. The van der Waals surface area contributed by atoms with E-state index in [0.717, 1.165) is 23.8 Å². The molecule has 0 aromatic carbocycles. The molecule has 2 aromatic heterocycles. The monoisotopic (exact) mass is 262 g/mol. The second-order valence-electron chi connectivity index (χ2n) is 4.18. The molecule has 0 bridgehead atoms. The summed E-state index contributed by atoms with van der Waals surface area (Å²) in [5, 5.41) is 1.02. The van der Waals surface area contributed by atoms with Crippen LogP contribution < -0.4 is 4.90 Å². The molecule has 0 aliphatic carbocycles. The van der Waals surface area contributed by atoms with E-state index in [-0.39, 0.29) is 0 Å². The van der Waals surface area contributed by atoms with Gasteiger partial charge in [-0.2, -0.15) is 0 Å². The molecule has 0 fully saturated rings. The Bertz CT molecular complexity index is 492. The molecular formula is C13H18N4S. The average Bonchev–Trinajstić information content (AvgIpc) is 2.88. The van der Waals surface area contributed by atoms with Gasteiger partial charge in [-0.05, 0) is 18.4 Å². The Labute approximate surface area is 112 Å². The quantitative estimate of drug-likeness (QED) is 0.831. The van der Waals surface area contributed by atoms with Crippen molar-refractivity contribution in [2.24, 2.45) is 0 Å². The van der Waals surface area contributed by atoms with Crippen molar-refractivity contribution in [1.82, 2.24) is 15.0 Å². The van der Waals surface area contributed by atoms with Crippen molar-refractivity contribution < 1.29 is 0 Å². The second kappa shape index (κ2) is 5.91. The number of aromatic nitrogens is 3. The SMILES string of the molecule is CCc1cnc(CN(C)c2ncc(CC)s2)nc1. The molecular weight excluding hydrogens is 244 g/mol. The molecule has 2 aromatic rings. The third-order valence-corrected chi connectivity index (χ3v) is 4.02. The van der Waals surface area contributed by atoms with Gasteiger partial charge in [0.25, 0.3) is 0 Å². The lowest BCUT2D eigenvalue weighted by atomic mass is 10.3. The average molecular weight is 262 g/mol. The Hall–Kier alpha value is -1.49. The number of nitrogens with zero attached hydrogens (tertiary/aromatic N) is 4. The van der Waals surface area contributed by atoms with Gasteiger partial charge in [-0.3, -0.25) is 0 Å². The fraction of sp³-hybridized carbons (Fsp3) is 0.462. The maximum Gasteiger partial charge on any atom is 0.185 e. The summed E-state index contributed by atoms with van der Waals surface area (Å²) < 4.78 is 0. The van der Waals surface area contributed by atoms with Crippen LogP contribution in [0.2, 0.25) is 0 Å². The standard InChI is InChI=1S/C13H18N4S/c1-4-10-6-14-12(15-7-10)9-17(3)13-16-8-11(5-2)18-13/h6-8H,4-5,9H2,1-3H3. The molecule has 0 aliphatic rings. The largest absolute Gasteiger partial charge is 0.344 e. The number of rotatable bonds is 5.